The van der Waals surface area contributed by atoms with Crippen molar-refractivity contribution in [3.05, 3.63) is 56.8 Å². The van der Waals surface area contributed by atoms with Crippen molar-refractivity contribution in [3.63, 3.8) is 0 Å². The molecule has 1 aliphatic heterocycles. The van der Waals surface area contributed by atoms with Gasteiger partial charge in [0.25, 0.3) is 17.5 Å². The number of hydrogen-bond donors (Lipinski definition) is 1. The van der Waals surface area contributed by atoms with Crippen LogP contribution in [0.25, 0.3) is 17.4 Å². The molecule has 2 aromatic rings. The lowest BCUT2D eigenvalue weighted by molar-refractivity contribution is -0.384. The van der Waals surface area contributed by atoms with Gasteiger partial charge in [0.1, 0.15) is 22.1 Å². The average Bonchev–Trinajstić information content (AvgIpc) is 3.20. The summed E-state index contributed by atoms with van der Waals surface area (Å²) in [4.78, 5) is 49.1. The number of nitrogens with zero attached hydrogens (tertiary/aromatic N) is 2. The number of carbonyl (C=O) groups is 3. The molecule has 160 valence electrons. The van der Waals surface area contributed by atoms with Crippen molar-refractivity contribution in [2.45, 2.75) is 38.1 Å². The van der Waals surface area contributed by atoms with E-state index in [1.54, 1.807) is 12.1 Å². The number of nitro groups is 1. The number of amides is 4. The summed E-state index contributed by atoms with van der Waals surface area (Å²) in [5.74, 6) is -0.942. The summed E-state index contributed by atoms with van der Waals surface area (Å²) in [7, 11) is 0. The molecule has 1 saturated carbocycles. The number of halogens is 1. The third-order valence-corrected chi connectivity index (χ3v) is 5.73. The first-order valence-electron chi connectivity index (χ1n) is 9.80. The predicted octanol–water partition coefficient (Wildman–Crippen LogP) is 4.30. The Morgan fingerprint density at radius 2 is 1.87 bits per heavy atom. The van der Waals surface area contributed by atoms with Gasteiger partial charge in [-0.3, -0.25) is 29.9 Å². The van der Waals surface area contributed by atoms with E-state index in [-0.39, 0.29) is 28.1 Å². The summed E-state index contributed by atoms with van der Waals surface area (Å²) >= 11 is 5.84. The van der Waals surface area contributed by atoms with Crippen LogP contribution in [0.5, 0.6) is 0 Å². The van der Waals surface area contributed by atoms with Crippen LogP contribution in [0.15, 0.2) is 40.3 Å². The summed E-state index contributed by atoms with van der Waals surface area (Å²) in [6.45, 7) is 0. The molecule has 2 heterocycles. The largest absolute Gasteiger partial charge is 0.457 e. The van der Waals surface area contributed by atoms with Crippen LogP contribution in [-0.2, 0) is 9.59 Å². The molecule has 31 heavy (non-hydrogen) atoms. The molecular formula is C21H18ClN3O6. The highest BCUT2D eigenvalue weighted by Crippen LogP contribution is 2.32. The molecule has 1 N–H and O–H groups in total. The van der Waals surface area contributed by atoms with Gasteiger partial charge in [0.15, 0.2) is 0 Å². The van der Waals surface area contributed by atoms with Crippen LogP contribution in [0.1, 0.15) is 37.9 Å². The van der Waals surface area contributed by atoms with Crippen LogP contribution in [-0.4, -0.2) is 33.7 Å². The van der Waals surface area contributed by atoms with E-state index >= 15 is 0 Å². The van der Waals surface area contributed by atoms with Gasteiger partial charge in [-0.05, 0) is 43.2 Å². The fourth-order valence-corrected chi connectivity index (χ4v) is 4.06. The Kier molecular flexibility index (Phi) is 5.60. The maximum atomic E-state index is 12.9. The quantitative estimate of drug-likeness (QED) is 0.325. The summed E-state index contributed by atoms with van der Waals surface area (Å²) in [5.41, 5.74) is -0.0497. The Morgan fingerprint density at radius 3 is 2.58 bits per heavy atom. The van der Waals surface area contributed by atoms with Crippen LogP contribution in [0.2, 0.25) is 5.02 Å². The number of nitrogens with one attached hydrogen (secondary N) is 1. The van der Waals surface area contributed by atoms with Crippen molar-refractivity contribution >= 4 is 41.2 Å². The lowest BCUT2D eigenvalue weighted by atomic mass is 9.93. The Hall–Kier alpha value is -3.46. The van der Waals surface area contributed by atoms with Gasteiger partial charge in [0.05, 0.1) is 4.92 Å². The molecule has 1 aromatic carbocycles. The maximum absolute atomic E-state index is 12.9. The van der Waals surface area contributed by atoms with Crippen molar-refractivity contribution in [3.8, 4) is 11.3 Å². The third kappa shape index (κ3) is 4.09. The van der Waals surface area contributed by atoms with Gasteiger partial charge < -0.3 is 4.42 Å². The fourth-order valence-electron chi connectivity index (χ4n) is 3.88. The van der Waals surface area contributed by atoms with Crippen LogP contribution < -0.4 is 5.32 Å². The van der Waals surface area contributed by atoms with E-state index in [1.807, 2.05) is 0 Å². The fraction of sp³-hybridized carbons (Fsp3) is 0.286. The first kappa shape index (κ1) is 20.8. The zero-order valence-electron chi connectivity index (χ0n) is 16.3. The van der Waals surface area contributed by atoms with Gasteiger partial charge in [-0.1, -0.05) is 30.9 Å². The highest BCUT2D eigenvalue weighted by Gasteiger charge is 2.40. The van der Waals surface area contributed by atoms with Gasteiger partial charge in [0.2, 0.25) is 0 Å². The number of urea groups is 1. The van der Waals surface area contributed by atoms with E-state index in [0.29, 0.717) is 24.2 Å². The van der Waals surface area contributed by atoms with Crippen LogP contribution in [0.3, 0.4) is 0 Å². The molecule has 0 unspecified atom stereocenters. The van der Waals surface area contributed by atoms with E-state index in [1.165, 1.54) is 24.3 Å². The molecule has 0 bridgehead atoms. The summed E-state index contributed by atoms with van der Waals surface area (Å²) < 4.78 is 5.67. The topological polar surface area (TPSA) is 123 Å². The lowest BCUT2D eigenvalue weighted by Crippen LogP contribution is -2.58. The van der Waals surface area contributed by atoms with Gasteiger partial charge in [0, 0.05) is 17.7 Å². The normalized spacial score (nSPS) is 19.1. The highest BCUT2D eigenvalue weighted by molar-refractivity contribution is 6.32. The van der Waals surface area contributed by atoms with Crippen LogP contribution in [0, 0.1) is 10.1 Å². The highest BCUT2D eigenvalue weighted by atomic mass is 35.5. The number of carbonyl (C=O) groups excluding carboxylic acids is 3. The van der Waals surface area contributed by atoms with Crippen molar-refractivity contribution in [2.75, 3.05) is 0 Å². The minimum Gasteiger partial charge on any atom is -0.457 e. The molecule has 2 aliphatic rings. The summed E-state index contributed by atoms with van der Waals surface area (Å²) in [5, 5.41) is 13.3. The van der Waals surface area contributed by atoms with Crippen molar-refractivity contribution in [1.82, 2.24) is 10.2 Å². The Balaban J connectivity index is 1.62. The van der Waals surface area contributed by atoms with Crippen molar-refractivity contribution < 1.29 is 23.7 Å². The number of barbiturate groups is 1. The maximum Gasteiger partial charge on any atom is 0.331 e. The number of imide groups is 2. The van der Waals surface area contributed by atoms with Gasteiger partial charge in [-0.2, -0.15) is 0 Å². The molecule has 4 rings (SSSR count). The monoisotopic (exact) mass is 443 g/mol. The molecule has 0 radical (unpaired) electrons. The average molecular weight is 444 g/mol. The van der Waals surface area contributed by atoms with Crippen LogP contribution >= 0.6 is 11.6 Å². The molecule has 10 heteroatoms. The van der Waals surface area contributed by atoms with Crippen molar-refractivity contribution in [1.29, 1.82) is 0 Å². The molecular weight excluding hydrogens is 426 g/mol. The molecule has 2 fully saturated rings. The first-order valence-corrected chi connectivity index (χ1v) is 10.2. The number of furan rings is 1. The van der Waals surface area contributed by atoms with E-state index in [0.717, 1.165) is 24.2 Å². The molecule has 1 aliphatic carbocycles. The second-order valence-electron chi connectivity index (χ2n) is 7.41. The SMILES string of the molecule is O=C1NC(=O)N(C2CCCCC2)C(=O)C1=Cc1ccc(-c2ccc(Cl)c([N+](=O)[O-])c2)o1. The molecule has 0 atom stereocenters. The number of nitro benzene ring substituents is 1. The summed E-state index contributed by atoms with van der Waals surface area (Å²) in [6, 6.07) is 6.39. The Morgan fingerprint density at radius 1 is 1.13 bits per heavy atom. The zero-order chi connectivity index (χ0) is 22.1. The van der Waals surface area contributed by atoms with Gasteiger partial charge in [-0.25, -0.2) is 4.79 Å². The minimum absolute atomic E-state index is 0.000378. The van der Waals surface area contributed by atoms with E-state index in [2.05, 4.69) is 5.32 Å². The van der Waals surface area contributed by atoms with Crippen molar-refractivity contribution in [2.24, 2.45) is 0 Å². The number of benzene rings is 1. The number of hydrogen-bond acceptors (Lipinski definition) is 6. The predicted molar refractivity (Wildman–Crippen MR) is 111 cm³/mol. The van der Waals surface area contributed by atoms with Gasteiger partial charge in [-0.15, -0.1) is 0 Å². The first-order chi connectivity index (χ1) is 14.8. The zero-order valence-corrected chi connectivity index (χ0v) is 17.1. The summed E-state index contributed by atoms with van der Waals surface area (Å²) in [6.07, 6.45) is 5.59. The van der Waals surface area contributed by atoms with Crippen LogP contribution in [0.4, 0.5) is 10.5 Å². The molecule has 9 nitrogen and oxygen atoms in total. The van der Waals surface area contributed by atoms with Gasteiger partial charge >= 0.3 is 6.03 Å². The Labute approximate surface area is 181 Å². The standard InChI is InChI=1S/C21H18ClN3O6/c22-16-8-6-12(10-17(16)25(29)30)18-9-7-14(31-18)11-15-19(26)23-21(28)24(20(15)27)13-4-2-1-3-5-13/h6-11,13H,1-5H2,(H,23,26,28). The molecule has 1 aromatic heterocycles. The van der Waals surface area contributed by atoms with E-state index in [4.69, 9.17) is 16.0 Å². The smallest absolute Gasteiger partial charge is 0.331 e. The second-order valence-corrected chi connectivity index (χ2v) is 7.82. The lowest BCUT2D eigenvalue weighted by Gasteiger charge is -2.35. The number of rotatable bonds is 4. The van der Waals surface area contributed by atoms with E-state index in [9.17, 15) is 24.5 Å². The molecule has 4 amide bonds. The minimum atomic E-state index is -0.790. The third-order valence-electron chi connectivity index (χ3n) is 5.41. The molecule has 0 spiro atoms. The molecule has 1 saturated heterocycles. The Bertz CT molecular complexity index is 1120. The van der Waals surface area contributed by atoms with E-state index < -0.39 is 22.8 Å². The second kappa shape index (κ2) is 8.35.